The van der Waals surface area contributed by atoms with Crippen LogP contribution in [0.25, 0.3) is 0 Å². The number of rotatable bonds is 5. The standard InChI is InChI=1S/C13H15NO/c1-3-12(5-4-10-14)15-13-8-6-11(2)7-9-13/h3,5-10,14H,1,4H2,2H3. The Morgan fingerprint density at radius 3 is 2.60 bits per heavy atom. The van der Waals surface area contributed by atoms with Gasteiger partial charge in [0.2, 0.25) is 0 Å². The minimum absolute atomic E-state index is 0.563. The molecule has 0 heterocycles. The number of ether oxygens (including phenoxy) is 1. The Labute approximate surface area is 90.4 Å². The summed E-state index contributed by atoms with van der Waals surface area (Å²) in [5, 5.41) is 6.92. The van der Waals surface area contributed by atoms with Crippen LogP contribution in [0.2, 0.25) is 0 Å². The molecule has 1 aromatic rings. The highest BCUT2D eigenvalue weighted by atomic mass is 16.5. The molecule has 0 radical (unpaired) electrons. The Hall–Kier alpha value is -1.83. The third kappa shape index (κ3) is 3.81. The van der Waals surface area contributed by atoms with Crippen molar-refractivity contribution in [2.75, 3.05) is 0 Å². The lowest BCUT2D eigenvalue weighted by molar-refractivity contribution is 0.443. The fraction of sp³-hybridized carbons (Fsp3) is 0.154. The fourth-order valence-electron chi connectivity index (χ4n) is 1.08. The van der Waals surface area contributed by atoms with Crippen molar-refractivity contribution in [3.63, 3.8) is 0 Å². The largest absolute Gasteiger partial charge is 0.458 e. The van der Waals surface area contributed by atoms with Gasteiger partial charge >= 0.3 is 0 Å². The van der Waals surface area contributed by atoms with Crippen LogP contribution in [-0.2, 0) is 0 Å². The van der Waals surface area contributed by atoms with Crippen LogP contribution in [0.3, 0.4) is 0 Å². The lowest BCUT2D eigenvalue weighted by Crippen LogP contribution is -1.92. The summed E-state index contributed by atoms with van der Waals surface area (Å²) in [5.41, 5.74) is 1.20. The minimum Gasteiger partial charge on any atom is -0.458 e. The van der Waals surface area contributed by atoms with Gasteiger partial charge in [0, 0.05) is 6.42 Å². The lowest BCUT2D eigenvalue weighted by atomic mass is 10.2. The first kappa shape index (κ1) is 11.2. The number of hydrogen-bond donors (Lipinski definition) is 1. The van der Waals surface area contributed by atoms with Crippen molar-refractivity contribution in [1.82, 2.24) is 0 Å². The van der Waals surface area contributed by atoms with E-state index in [1.165, 1.54) is 11.8 Å². The molecule has 2 nitrogen and oxygen atoms in total. The molecule has 15 heavy (non-hydrogen) atoms. The first-order valence-electron chi connectivity index (χ1n) is 4.82. The Morgan fingerprint density at radius 1 is 1.40 bits per heavy atom. The molecule has 0 aliphatic rings. The van der Waals surface area contributed by atoms with Gasteiger partial charge < -0.3 is 10.1 Å². The first-order valence-corrected chi connectivity index (χ1v) is 4.82. The quantitative estimate of drug-likeness (QED) is 0.441. The molecule has 0 aromatic heterocycles. The van der Waals surface area contributed by atoms with E-state index in [4.69, 9.17) is 10.1 Å². The Balaban J connectivity index is 2.70. The van der Waals surface area contributed by atoms with E-state index < -0.39 is 0 Å². The number of aryl methyl sites for hydroxylation is 1. The predicted octanol–water partition coefficient (Wildman–Crippen LogP) is 3.48. The second-order valence-corrected chi connectivity index (χ2v) is 3.17. The molecule has 0 unspecified atom stereocenters. The Morgan fingerprint density at radius 2 is 2.07 bits per heavy atom. The zero-order valence-corrected chi connectivity index (χ0v) is 8.86. The SMILES string of the molecule is C=CC(=CCC=N)Oc1ccc(C)cc1. The number of allylic oxidation sites excluding steroid dienone is 2. The maximum absolute atomic E-state index is 6.92. The van der Waals surface area contributed by atoms with Crippen molar-refractivity contribution in [2.24, 2.45) is 0 Å². The second-order valence-electron chi connectivity index (χ2n) is 3.17. The molecular weight excluding hydrogens is 186 g/mol. The average molecular weight is 201 g/mol. The van der Waals surface area contributed by atoms with Crippen LogP contribution in [0.1, 0.15) is 12.0 Å². The molecule has 0 fully saturated rings. The van der Waals surface area contributed by atoms with Gasteiger partial charge in [0.15, 0.2) is 0 Å². The first-order chi connectivity index (χ1) is 7.26. The van der Waals surface area contributed by atoms with Crippen molar-refractivity contribution in [3.05, 3.63) is 54.3 Å². The molecule has 78 valence electrons. The summed E-state index contributed by atoms with van der Waals surface area (Å²) in [6, 6.07) is 7.81. The van der Waals surface area contributed by atoms with Gasteiger partial charge in [-0.05, 0) is 37.4 Å². The van der Waals surface area contributed by atoms with Gasteiger partial charge in [-0.15, -0.1) is 0 Å². The molecule has 1 N–H and O–H groups in total. The molecular formula is C13H15NO. The Bertz CT molecular complexity index is 363. The molecule has 0 saturated carbocycles. The fourth-order valence-corrected chi connectivity index (χ4v) is 1.08. The topological polar surface area (TPSA) is 33.1 Å². The number of benzene rings is 1. The molecule has 0 saturated heterocycles. The van der Waals surface area contributed by atoms with Crippen LogP contribution < -0.4 is 4.74 Å². The van der Waals surface area contributed by atoms with Crippen molar-refractivity contribution in [2.45, 2.75) is 13.3 Å². The van der Waals surface area contributed by atoms with E-state index in [1.807, 2.05) is 37.3 Å². The number of hydrogen-bond acceptors (Lipinski definition) is 2. The minimum atomic E-state index is 0.563. The summed E-state index contributed by atoms with van der Waals surface area (Å²) in [5.74, 6) is 1.47. The van der Waals surface area contributed by atoms with Gasteiger partial charge in [0.05, 0.1) is 0 Å². The maximum atomic E-state index is 6.92. The summed E-state index contributed by atoms with van der Waals surface area (Å²) < 4.78 is 5.56. The molecule has 0 aliphatic heterocycles. The summed E-state index contributed by atoms with van der Waals surface area (Å²) in [7, 11) is 0. The third-order valence-electron chi connectivity index (χ3n) is 1.89. The van der Waals surface area contributed by atoms with Crippen LogP contribution in [0.5, 0.6) is 5.75 Å². The summed E-state index contributed by atoms with van der Waals surface area (Å²) in [4.78, 5) is 0. The number of nitrogens with one attached hydrogen (secondary N) is 1. The predicted molar refractivity (Wildman–Crippen MR) is 63.5 cm³/mol. The van der Waals surface area contributed by atoms with E-state index in [-0.39, 0.29) is 0 Å². The van der Waals surface area contributed by atoms with Gasteiger partial charge in [-0.2, -0.15) is 0 Å². The zero-order chi connectivity index (χ0) is 11.1. The second kappa shape index (κ2) is 5.81. The highest BCUT2D eigenvalue weighted by molar-refractivity contribution is 5.55. The van der Waals surface area contributed by atoms with Gasteiger partial charge in [0.1, 0.15) is 11.5 Å². The average Bonchev–Trinajstić information content (AvgIpc) is 2.27. The molecule has 2 heteroatoms. The van der Waals surface area contributed by atoms with Gasteiger partial charge in [-0.1, -0.05) is 24.3 Å². The maximum Gasteiger partial charge on any atom is 0.127 e. The van der Waals surface area contributed by atoms with Gasteiger partial charge in [-0.25, -0.2) is 0 Å². The van der Waals surface area contributed by atoms with Crippen LogP contribution in [0.4, 0.5) is 0 Å². The molecule has 1 rings (SSSR count). The van der Waals surface area contributed by atoms with Crippen LogP contribution in [0.15, 0.2) is 48.8 Å². The summed E-state index contributed by atoms with van der Waals surface area (Å²) in [6.07, 6.45) is 5.35. The van der Waals surface area contributed by atoms with Crippen molar-refractivity contribution in [1.29, 1.82) is 5.41 Å². The van der Waals surface area contributed by atoms with Crippen molar-refractivity contribution in [3.8, 4) is 5.75 Å². The van der Waals surface area contributed by atoms with Gasteiger partial charge in [0.25, 0.3) is 0 Å². The summed E-state index contributed by atoms with van der Waals surface area (Å²) in [6.45, 7) is 5.69. The van der Waals surface area contributed by atoms with Crippen molar-refractivity contribution >= 4 is 6.21 Å². The van der Waals surface area contributed by atoms with E-state index in [2.05, 4.69) is 6.58 Å². The molecule has 0 aliphatic carbocycles. The van der Waals surface area contributed by atoms with Crippen LogP contribution >= 0.6 is 0 Å². The molecule has 0 spiro atoms. The monoisotopic (exact) mass is 201 g/mol. The van der Waals surface area contributed by atoms with E-state index in [0.717, 1.165) is 5.75 Å². The Kier molecular flexibility index (Phi) is 4.35. The summed E-state index contributed by atoms with van der Waals surface area (Å²) >= 11 is 0. The molecule has 0 bridgehead atoms. The molecule has 0 amide bonds. The molecule has 1 aromatic carbocycles. The van der Waals surface area contributed by atoms with E-state index in [1.54, 1.807) is 6.08 Å². The van der Waals surface area contributed by atoms with E-state index in [0.29, 0.717) is 12.2 Å². The van der Waals surface area contributed by atoms with Gasteiger partial charge in [-0.3, -0.25) is 0 Å². The van der Waals surface area contributed by atoms with E-state index in [9.17, 15) is 0 Å². The molecule has 0 atom stereocenters. The highest BCUT2D eigenvalue weighted by Gasteiger charge is 1.95. The third-order valence-corrected chi connectivity index (χ3v) is 1.89. The van der Waals surface area contributed by atoms with Crippen LogP contribution in [-0.4, -0.2) is 6.21 Å². The normalized spacial score (nSPS) is 10.9. The smallest absolute Gasteiger partial charge is 0.127 e. The zero-order valence-electron chi connectivity index (χ0n) is 8.86. The highest BCUT2D eigenvalue weighted by Crippen LogP contribution is 2.15. The lowest BCUT2D eigenvalue weighted by Gasteiger charge is -2.05. The van der Waals surface area contributed by atoms with E-state index >= 15 is 0 Å². The van der Waals surface area contributed by atoms with Crippen molar-refractivity contribution < 1.29 is 4.74 Å². The van der Waals surface area contributed by atoms with Crippen LogP contribution in [0, 0.1) is 12.3 Å².